The average molecular weight is 228 g/mol. The van der Waals surface area contributed by atoms with E-state index in [1.54, 1.807) is 6.08 Å². The summed E-state index contributed by atoms with van der Waals surface area (Å²) in [5.74, 6) is 0.0610. The number of nitrogens with zero attached hydrogens (tertiary/aromatic N) is 3. The molecule has 0 aliphatic heterocycles. The van der Waals surface area contributed by atoms with Crippen LogP contribution < -0.4 is 5.56 Å². The normalized spacial score (nSPS) is 10.7. The maximum Gasteiger partial charge on any atom is 0.278 e. The third kappa shape index (κ3) is 1.54. The minimum atomic E-state index is -0.204. The average Bonchev–Trinajstić information content (AvgIpc) is 2.71. The van der Waals surface area contributed by atoms with Gasteiger partial charge in [0.05, 0.1) is 6.20 Å². The zero-order valence-electron chi connectivity index (χ0n) is 9.69. The Morgan fingerprint density at radius 1 is 1.65 bits per heavy atom. The molecule has 2 heterocycles. The molecule has 2 aromatic rings. The molecule has 0 unspecified atom stereocenters. The topological polar surface area (TPSA) is 73.9 Å². The highest BCUT2D eigenvalue weighted by Crippen LogP contribution is 2.16. The Kier molecular flexibility index (Phi) is 2.56. The first-order valence-corrected chi connectivity index (χ1v) is 5.26. The molecule has 2 aromatic heterocycles. The van der Waals surface area contributed by atoms with E-state index in [1.165, 1.54) is 10.7 Å². The number of nitrogens with one attached hydrogen (secondary N) is 1. The van der Waals surface area contributed by atoms with Crippen molar-refractivity contribution >= 4 is 11.7 Å². The van der Waals surface area contributed by atoms with Crippen LogP contribution in [0.1, 0.15) is 36.6 Å². The lowest BCUT2D eigenvalue weighted by molar-refractivity contribution is 0.790. The Labute approximate surface area is 98.0 Å². The molecule has 0 aromatic carbocycles. The van der Waals surface area contributed by atoms with Crippen molar-refractivity contribution in [3.05, 3.63) is 40.0 Å². The first-order valence-electron chi connectivity index (χ1n) is 5.26. The van der Waals surface area contributed by atoms with Crippen molar-refractivity contribution in [2.45, 2.75) is 19.8 Å². The highest BCUT2D eigenvalue weighted by atomic mass is 16.1. The molecule has 0 atom stereocenters. The fourth-order valence-electron chi connectivity index (χ4n) is 1.85. The maximum atomic E-state index is 12.2. The summed E-state index contributed by atoms with van der Waals surface area (Å²) in [6.45, 7) is 7.54. The van der Waals surface area contributed by atoms with Gasteiger partial charge in [0.1, 0.15) is 11.6 Å². The highest BCUT2D eigenvalue weighted by Gasteiger charge is 2.15. The SMILES string of the molecule is C=Cc1[nH]c2c(C#N)cnn2c(=O)c1C(C)C. The van der Waals surface area contributed by atoms with Crippen LogP contribution in [0.15, 0.2) is 17.6 Å². The number of fused-ring (bicyclic) bond motifs is 1. The molecule has 0 saturated heterocycles. The molecule has 86 valence electrons. The van der Waals surface area contributed by atoms with Crippen molar-refractivity contribution in [2.75, 3.05) is 0 Å². The molecular weight excluding hydrogens is 216 g/mol. The van der Waals surface area contributed by atoms with E-state index in [1.807, 2.05) is 19.9 Å². The van der Waals surface area contributed by atoms with Gasteiger partial charge in [0.25, 0.3) is 5.56 Å². The number of aromatic nitrogens is 3. The van der Waals surface area contributed by atoms with Crippen LogP contribution >= 0.6 is 0 Å². The lowest BCUT2D eigenvalue weighted by Gasteiger charge is -2.09. The van der Waals surface area contributed by atoms with Gasteiger partial charge in [-0.3, -0.25) is 4.79 Å². The van der Waals surface area contributed by atoms with E-state index in [2.05, 4.69) is 16.7 Å². The third-order valence-electron chi connectivity index (χ3n) is 2.64. The van der Waals surface area contributed by atoms with Gasteiger partial charge in [-0.25, -0.2) is 0 Å². The predicted octanol–water partition coefficient (Wildman–Crippen LogP) is 1.66. The maximum absolute atomic E-state index is 12.2. The van der Waals surface area contributed by atoms with Crippen LogP contribution in [-0.2, 0) is 0 Å². The minimum absolute atomic E-state index is 0.0610. The van der Waals surface area contributed by atoms with Crippen LogP contribution in [0.25, 0.3) is 11.7 Å². The summed E-state index contributed by atoms with van der Waals surface area (Å²) in [7, 11) is 0. The zero-order chi connectivity index (χ0) is 12.6. The third-order valence-corrected chi connectivity index (χ3v) is 2.64. The van der Waals surface area contributed by atoms with E-state index in [9.17, 15) is 4.79 Å². The molecular formula is C12H12N4O. The van der Waals surface area contributed by atoms with Crippen LogP contribution in [0.2, 0.25) is 0 Å². The van der Waals surface area contributed by atoms with Gasteiger partial charge in [0.2, 0.25) is 0 Å². The number of nitriles is 1. The number of hydrogen-bond acceptors (Lipinski definition) is 3. The molecule has 0 radical (unpaired) electrons. The lowest BCUT2D eigenvalue weighted by atomic mass is 10.0. The van der Waals surface area contributed by atoms with Crippen LogP contribution in [-0.4, -0.2) is 14.6 Å². The van der Waals surface area contributed by atoms with Gasteiger partial charge in [0, 0.05) is 11.3 Å². The Balaban J connectivity index is 2.96. The molecule has 0 saturated carbocycles. The molecule has 5 heteroatoms. The smallest absolute Gasteiger partial charge is 0.278 e. The molecule has 0 fully saturated rings. The van der Waals surface area contributed by atoms with Gasteiger partial charge in [-0.15, -0.1) is 0 Å². The summed E-state index contributed by atoms with van der Waals surface area (Å²) >= 11 is 0. The van der Waals surface area contributed by atoms with Crippen LogP contribution in [0.5, 0.6) is 0 Å². The van der Waals surface area contributed by atoms with Crippen LogP contribution in [0.3, 0.4) is 0 Å². The van der Waals surface area contributed by atoms with Crippen LogP contribution in [0, 0.1) is 11.3 Å². The number of H-pyrrole nitrogens is 1. The molecule has 0 aliphatic carbocycles. The largest absolute Gasteiger partial charge is 0.339 e. The first kappa shape index (κ1) is 11.1. The summed E-state index contributed by atoms with van der Waals surface area (Å²) in [5, 5.41) is 12.8. The van der Waals surface area contributed by atoms with Gasteiger partial charge in [-0.1, -0.05) is 20.4 Å². The Bertz CT molecular complexity index is 685. The van der Waals surface area contributed by atoms with Gasteiger partial charge in [-0.05, 0) is 12.0 Å². The molecule has 17 heavy (non-hydrogen) atoms. The Hall–Kier alpha value is -2.35. The molecule has 0 aliphatic rings. The fourth-order valence-corrected chi connectivity index (χ4v) is 1.85. The predicted molar refractivity (Wildman–Crippen MR) is 64.7 cm³/mol. The quantitative estimate of drug-likeness (QED) is 0.849. The molecule has 0 amide bonds. The summed E-state index contributed by atoms with van der Waals surface area (Å²) in [6.07, 6.45) is 2.97. The molecule has 0 spiro atoms. The van der Waals surface area contributed by atoms with Gasteiger partial charge in [0.15, 0.2) is 5.65 Å². The lowest BCUT2D eigenvalue weighted by Crippen LogP contribution is -2.22. The Morgan fingerprint density at radius 3 is 2.88 bits per heavy atom. The second-order valence-electron chi connectivity index (χ2n) is 4.05. The van der Waals surface area contributed by atoms with Gasteiger partial charge in [-0.2, -0.15) is 14.9 Å². The first-order chi connectivity index (χ1) is 8.10. The molecule has 5 nitrogen and oxygen atoms in total. The second-order valence-corrected chi connectivity index (χ2v) is 4.05. The monoisotopic (exact) mass is 228 g/mol. The Morgan fingerprint density at radius 2 is 2.35 bits per heavy atom. The molecule has 2 rings (SSSR count). The van der Waals surface area contributed by atoms with E-state index >= 15 is 0 Å². The second kappa shape index (κ2) is 3.91. The van der Waals surface area contributed by atoms with E-state index in [0.29, 0.717) is 22.5 Å². The summed E-state index contributed by atoms with van der Waals surface area (Å²) in [5.41, 5.74) is 1.83. The highest BCUT2D eigenvalue weighted by molar-refractivity contribution is 5.59. The van der Waals surface area contributed by atoms with Crippen molar-refractivity contribution in [3.63, 3.8) is 0 Å². The summed E-state index contributed by atoms with van der Waals surface area (Å²) in [6, 6.07) is 1.99. The number of aromatic amines is 1. The van der Waals surface area contributed by atoms with E-state index in [0.717, 1.165) is 0 Å². The number of hydrogen-bond donors (Lipinski definition) is 1. The van der Waals surface area contributed by atoms with Crippen molar-refractivity contribution in [1.82, 2.24) is 14.6 Å². The van der Waals surface area contributed by atoms with Crippen molar-refractivity contribution in [3.8, 4) is 6.07 Å². The van der Waals surface area contributed by atoms with Crippen molar-refractivity contribution in [1.29, 1.82) is 5.26 Å². The van der Waals surface area contributed by atoms with Crippen LogP contribution in [0.4, 0.5) is 0 Å². The molecule has 1 N–H and O–H groups in total. The van der Waals surface area contributed by atoms with E-state index in [4.69, 9.17) is 5.26 Å². The van der Waals surface area contributed by atoms with Crippen molar-refractivity contribution < 1.29 is 0 Å². The summed E-state index contributed by atoms with van der Waals surface area (Å²) in [4.78, 5) is 15.2. The van der Waals surface area contributed by atoms with E-state index < -0.39 is 0 Å². The van der Waals surface area contributed by atoms with Gasteiger partial charge >= 0.3 is 0 Å². The van der Waals surface area contributed by atoms with E-state index in [-0.39, 0.29) is 11.5 Å². The standard InChI is InChI=1S/C12H12N4O/c1-4-9-10(7(2)3)12(17)16-11(15-9)8(5-13)6-14-16/h4,6-7,15H,1H2,2-3H3. The fraction of sp³-hybridized carbons (Fsp3) is 0.250. The van der Waals surface area contributed by atoms with Crippen molar-refractivity contribution in [2.24, 2.45) is 0 Å². The summed E-state index contributed by atoms with van der Waals surface area (Å²) < 4.78 is 1.22. The number of rotatable bonds is 2. The zero-order valence-corrected chi connectivity index (χ0v) is 9.69. The van der Waals surface area contributed by atoms with Gasteiger partial charge < -0.3 is 4.98 Å². The molecule has 0 bridgehead atoms. The minimum Gasteiger partial charge on any atom is -0.339 e.